The summed E-state index contributed by atoms with van der Waals surface area (Å²) in [7, 11) is -3.99. The second-order valence-electron chi connectivity index (χ2n) is 4.13. The summed E-state index contributed by atoms with van der Waals surface area (Å²) in [6.45, 7) is 5.17. The fraction of sp³-hybridized carbons (Fsp3) is 0.364. The zero-order chi connectivity index (χ0) is 14.6. The van der Waals surface area contributed by atoms with Gasteiger partial charge in [0.1, 0.15) is 0 Å². The van der Waals surface area contributed by atoms with E-state index in [1.165, 1.54) is 0 Å². The van der Waals surface area contributed by atoms with Gasteiger partial charge in [-0.2, -0.15) is 8.42 Å². The predicted molar refractivity (Wildman–Crippen MR) is 81.2 cm³/mol. The smallest absolute Gasteiger partial charge is 0.422 e. The maximum absolute atomic E-state index is 11.7. The lowest BCUT2D eigenvalue weighted by Gasteiger charge is -2.12. The van der Waals surface area contributed by atoms with Gasteiger partial charge in [-0.15, -0.1) is 0 Å². The Kier molecular flexibility index (Phi) is 5.41. The molecule has 0 heterocycles. The molecule has 0 aliphatic rings. The first-order chi connectivity index (χ1) is 8.69. The molecule has 0 atom stereocenters. The van der Waals surface area contributed by atoms with Gasteiger partial charge < -0.3 is 4.74 Å². The van der Waals surface area contributed by atoms with Crippen LogP contribution < -0.4 is 9.44 Å². The van der Waals surface area contributed by atoms with E-state index < -0.39 is 22.4 Å². The Bertz CT molecular complexity index is 572. The minimum atomic E-state index is -3.99. The molecule has 0 aliphatic heterocycles. The zero-order valence-corrected chi connectivity index (χ0v) is 13.7. The van der Waals surface area contributed by atoms with Crippen molar-refractivity contribution in [2.75, 3.05) is 4.72 Å². The van der Waals surface area contributed by atoms with Gasteiger partial charge in [-0.25, -0.2) is 9.52 Å². The van der Waals surface area contributed by atoms with Gasteiger partial charge in [0.25, 0.3) is 0 Å². The van der Waals surface area contributed by atoms with Gasteiger partial charge in [0.2, 0.25) is 0 Å². The summed E-state index contributed by atoms with van der Waals surface area (Å²) in [6.07, 6.45) is -1.40. The molecule has 6 nitrogen and oxygen atoms in total. The molecule has 0 aromatic heterocycles. The summed E-state index contributed by atoms with van der Waals surface area (Å²) >= 11 is 2.10. The van der Waals surface area contributed by atoms with E-state index in [-0.39, 0.29) is 0 Å². The molecule has 8 heteroatoms. The van der Waals surface area contributed by atoms with Crippen LogP contribution in [0, 0.1) is 10.5 Å². The number of ether oxygens (including phenoxy) is 1. The number of nitrogens with one attached hydrogen (secondary N) is 2. The number of benzene rings is 1. The first-order valence-corrected chi connectivity index (χ1v) is 8.03. The molecule has 0 radical (unpaired) electrons. The highest BCUT2D eigenvalue weighted by Crippen LogP contribution is 2.17. The fourth-order valence-corrected chi connectivity index (χ4v) is 2.46. The van der Waals surface area contributed by atoms with Crippen LogP contribution in [-0.4, -0.2) is 20.6 Å². The van der Waals surface area contributed by atoms with E-state index in [0.29, 0.717) is 5.69 Å². The summed E-state index contributed by atoms with van der Waals surface area (Å²) in [5.41, 5.74) is 1.41. The molecule has 1 rings (SSSR count). The quantitative estimate of drug-likeness (QED) is 0.763. The highest BCUT2D eigenvalue weighted by atomic mass is 127. The van der Waals surface area contributed by atoms with E-state index in [0.717, 1.165) is 9.13 Å². The van der Waals surface area contributed by atoms with Crippen molar-refractivity contribution in [1.82, 2.24) is 4.72 Å². The maximum atomic E-state index is 11.7. The minimum Gasteiger partial charge on any atom is -0.446 e. The van der Waals surface area contributed by atoms with Crippen LogP contribution in [-0.2, 0) is 14.9 Å². The molecule has 1 amide bonds. The second kappa shape index (κ2) is 6.42. The number of carbonyl (C=O) groups is 1. The highest BCUT2D eigenvalue weighted by molar-refractivity contribution is 14.1. The molecule has 1 aromatic carbocycles. The lowest BCUT2D eigenvalue weighted by atomic mass is 10.2. The van der Waals surface area contributed by atoms with Crippen molar-refractivity contribution in [3.05, 3.63) is 27.3 Å². The molecule has 0 unspecified atom stereocenters. The van der Waals surface area contributed by atoms with E-state index in [1.807, 2.05) is 6.92 Å². The van der Waals surface area contributed by atoms with Crippen LogP contribution in [0.2, 0.25) is 0 Å². The number of rotatable bonds is 4. The first kappa shape index (κ1) is 16.0. The molecule has 0 spiro atoms. The van der Waals surface area contributed by atoms with E-state index >= 15 is 0 Å². The Morgan fingerprint density at radius 2 is 2.00 bits per heavy atom. The van der Waals surface area contributed by atoms with Crippen molar-refractivity contribution in [2.24, 2.45) is 0 Å². The molecule has 106 valence electrons. The Balaban J connectivity index is 2.74. The molecular weight excluding hydrogens is 383 g/mol. The number of aryl methyl sites for hydroxylation is 1. The number of carbonyl (C=O) groups excluding carboxylic acids is 1. The summed E-state index contributed by atoms with van der Waals surface area (Å²) < 4.78 is 33.0. The topological polar surface area (TPSA) is 84.5 Å². The van der Waals surface area contributed by atoms with Crippen LogP contribution in [0.15, 0.2) is 18.2 Å². The van der Waals surface area contributed by atoms with Gasteiger partial charge in [0, 0.05) is 3.57 Å². The van der Waals surface area contributed by atoms with Crippen molar-refractivity contribution in [1.29, 1.82) is 0 Å². The first-order valence-electron chi connectivity index (χ1n) is 5.47. The van der Waals surface area contributed by atoms with Crippen molar-refractivity contribution in [3.8, 4) is 0 Å². The van der Waals surface area contributed by atoms with E-state index in [9.17, 15) is 13.2 Å². The molecule has 2 N–H and O–H groups in total. The molecule has 0 bridgehead atoms. The molecule has 0 saturated carbocycles. The largest absolute Gasteiger partial charge is 0.446 e. The van der Waals surface area contributed by atoms with E-state index in [4.69, 9.17) is 4.74 Å². The molecule has 1 aromatic rings. The predicted octanol–water partition coefficient (Wildman–Crippen LogP) is 2.39. The van der Waals surface area contributed by atoms with Gasteiger partial charge in [-0.1, -0.05) is 6.07 Å². The van der Waals surface area contributed by atoms with Crippen molar-refractivity contribution in [2.45, 2.75) is 26.9 Å². The number of anilines is 1. The normalized spacial score (nSPS) is 11.2. The highest BCUT2D eigenvalue weighted by Gasteiger charge is 2.16. The Morgan fingerprint density at radius 1 is 1.37 bits per heavy atom. The van der Waals surface area contributed by atoms with Crippen molar-refractivity contribution >= 4 is 44.6 Å². The van der Waals surface area contributed by atoms with E-state index in [1.54, 1.807) is 36.8 Å². The zero-order valence-electron chi connectivity index (χ0n) is 10.7. The van der Waals surface area contributed by atoms with Crippen LogP contribution >= 0.6 is 22.6 Å². The number of hydrogen-bond acceptors (Lipinski definition) is 4. The minimum absolute atomic E-state index is 0.375. The van der Waals surface area contributed by atoms with Crippen molar-refractivity contribution < 1.29 is 17.9 Å². The van der Waals surface area contributed by atoms with E-state index in [2.05, 4.69) is 27.3 Å². The molecule has 0 aliphatic carbocycles. The fourth-order valence-electron chi connectivity index (χ4n) is 1.18. The van der Waals surface area contributed by atoms with Crippen LogP contribution in [0.3, 0.4) is 0 Å². The Hall–Kier alpha value is -1.03. The van der Waals surface area contributed by atoms with Gasteiger partial charge in [-0.05, 0) is 61.1 Å². The molecule has 0 saturated heterocycles. The summed E-state index contributed by atoms with van der Waals surface area (Å²) in [6, 6.07) is 5.07. The standard InChI is InChI=1S/C11H15IN2O4S/c1-7(2)18-11(15)14-19(16,17)13-9-5-4-8(3)10(12)6-9/h4-7,13H,1-3H3,(H,14,15). The van der Waals surface area contributed by atoms with Gasteiger partial charge in [0.05, 0.1) is 11.8 Å². The number of amides is 1. The second-order valence-corrected chi connectivity index (χ2v) is 6.70. The third-order valence-electron chi connectivity index (χ3n) is 1.98. The SMILES string of the molecule is Cc1ccc(NS(=O)(=O)NC(=O)OC(C)C)cc1I. The average molecular weight is 398 g/mol. The number of hydrogen-bond donors (Lipinski definition) is 2. The third kappa shape index (κ3) is 5.64. The Labute approximate surface area is 126 Å². The van der Waals surface area contributed by atoms with Crippen LogP contribution in [0.4, 0.5) is 10.5 Å². The average Bonchev–Trinajstić information content (AvgIpc) is 2.20. The molecule has 0 fully saturated rings. The Morgan fingerprint density at radius 3 is 2.53 bits per heavy atom. The third-order valence-corrected chi connectivity index (χ3v) is 4.09. The van der Waals surface area contributed by atoms with Crippen LogP contribution in [0.25, 0.3) is 0 Å². The van der Waals surface area contributed by atoms with Gasteiger partial charge in [0.15, 0.2) is 0 Å². The van der Waals surface area contributed by atoms with Crippen LogP contribution in [0.5, 0.6) is 0 Å². The van der Waals surface area contributed by atoms with Crippen LogP contribution in [0.1, 0.15) is 19.4 Å². The number of halogens is 1. The van der Waals surface area contributed by atoms with Gasteiger partial charge >= 0.3 is 16.3 Å². The summed E-state index contributed by atoms with van der Waals surface area (Å²) in [5.74, 6) is 0. The summed E-state index contributed by atoms with van der Waals surface area (Å²) in [5, 5.41) is 0. The lowest BCUT2D eigenvalue weighted by Crippen LogP contribution is -2.36. The monoisotopic (exact) mass is 398 g/mol. The maximum Gasteiger partial charge on any atom is 0.422 e. The summed E-state index contributed by atoms with van der Waals surface area (Å²) in [4.78, 5) is 11.2. The lowest BCUT2D eigenvalue weighted by molar-refractivity contribution is 0.121. The molecule has 19 heavy (non-hydrogen) atoms. The van der Waals surface area contributed by atoms with Gasteiger partial charge in [-0.3, -0.25) is 4.72 Å². The molecular formula is C11H15IN2O4S. The van der Waals surface area contributed by atoms with Crippen molar-refractivity contribution in [3.63, 3.8) is 0 Å².